The number of thiol groups is 2. The van der Waals surface area contributed by atoms with E-state index in [1.165, 1.54) is 79.4 Å². The second-order valence-corrected chi connectivity index (χ2v) is 13.9. The van der Waals surface area contributed by atoms with Crippen molar-refractivity contribution in [3.8, 4) is 0 Å². The van der Waals surface area contributed by atoms with Crippen molar-refractivity contribution >= 4 is 30.4 Å². The Morgan fingerprint density at radius 1 is 0.800 bits per heavy atom. The molecule has 0 rings (SSSR count). The van der Waals surface area contributed by atoms with Gasteiger partial charge in [0.2, 0.25) is 0 Å². The number of hydrogen-bond acceptors (Lipinski definition) is 1. The molecule has 0 radical (unpaired) electrons. The molecule has 1 atom stereocenters. The molecule has 1 unspecified atom stereocenters. The summed E-state index contributed by atoms with van der Waals surface area (Å²) in [5, 5.41) is 0. The van der Waals surface area contributed by atoms with E-state index in [1.807, 2.05) is 0 Å². The lowest BCUT2D eigenvalue weighted by Crippen LogP contribution is -1.85. The average molecular weight is 267 g/mol. The van der Waals surface area contributed by atoms with Crippen molar-refractivity contribution in [3.63, 3.8) is 0 Å². The molecule has 15 heavy (non-hydrogen) atoms. The van der Waals surface area contributed by atoms with Crippen LogP contribution in [0.1, 0.15) is 71.1 Å². The fraction of sp³-hybridized carbons (Fsp3) is 1.00. The summed E-state index contributed by atoms with van der Waals surface area (Å²) < 4.78 is 0. The van der Waals surface area contributed by atoms with Crippen LogP contribution < -0.4 is 0 Å². The Labute approximate surface area is 107 Å². The summed E-state index contributed by atoms with van der Waals surface area (Å²) in [4.78, 5) is 0. The van der Waals surface area contributed by atoms with Crippen molar-refractivity contribution in [2.75, 3.05) is 5.75 Å². The van der Waals surface area contributed by atoms with Crippen molar-refractivity contribution in [1.29, 1.82) is 0 Å². The highest BCUT2D eigenvalue weighted by Gasteiger charge is 1.93. The van der Waals surface area contributed by atoms with Crippen LogP contribution >= 0.6 is 21.0 Å². The standard InChI is InChI=1S/C12H30S2Si/c1-2-3-4-5-6-7-8-9-10-11-12-14(13)15/h13-14H,2-12H2,1,15H3. The molecule has 0 saturated heterocycles. The second-order valence-electron chi connectivity index (χ2n) is 4.56. The largest absolute Gasteiger partial charge is 0.230 e. The van der Waals surface area contributed by atoms with Crippen LogP contribution in [-0.4, -0.2) is 15.1 Å². The van der Waals surface area contributed by atoms with Gasteiger partial charge >= 0.3 is 0 Å². The lowest BCUT2D eigenvalue weighted by atomic mass is 10.1. The van der Waals surface area contributed by atoms with Crippen LogP contribution in [-0.2, 0) is 0 Å². The van der Waals surface area contributed by atoms with Gasteiger partial charge < -0.3 is 0 Å². The maximum absolute atomic E-state index is 4.52. The minimum Gasteiger partial charge on any atom is -0.230 e. The van der Waals surface area contributed by atoms with E-state index in [1.54, 1.807) is 0 Å². The molecular formula is C12H30S2Si. The van der Waals surface area contributed by atoms with E-state index in [4.69, 9.17) is 0 Å². The van der Waals surface area contributed by atoms with Gasteiger partial charge in [-0.2, -0.15) is 0 Å². The smallest absolute Gasteiger partial charge is 0.0567 e. The van der Waals surface area contributed by atoms with Crippen LogP contribution in [0.2, 0.25) is 0 Å². The molecule has 0 aromatic rings. The van der Waals surface area contributed by atoms with Gasteiger partial charge in [-0.05, 0) is 12.2 Å². The Morgan fingerprint density at radius 3 is 1.60 bits per heavy atom. The summed E-state index contributed by atoms with van der Waals surface area (Å²) >= 11 is 4.52. The van der Waals surface area contributed by atoms with E-state index in [2.05, 4.69) is 18.6 Å². The summed E-state index contributed by atoms with van der Waals surface area (Å²) in [5.41, 5.74) is 0. The maximum atomic E-state index is 4.52. The minimum atomic E-state index is 0.198. The first-order chi connectivity index (χ1) is 7.27. The maximum Gasteiger partial charge on any atom is 0.0567 e. The Hall–Kier alpha value is 0.917. The van der Waals surface area contributed by atoms with Gasteiger partial charge in [-0.3, -0.25) is 0 Å². The molecular weight excluding hydrogens is 236 g/mol. The zero-order valence-electron chi connectivity index (χ0n) is 10.7. The Bertz CT molecular complexity index is 118. The number of hydrogen-bond donors (Lipinski definition) is 2. The van der Waals surface area contributed by atoms with E-state index < -0.39 is 0 Å². The molecule has 94 valence electrons. The first-order valence-corrected chi connectivity index (χ1v) is 12.5. The highest BCUT2D eigenvalue weighted by Crippen LogP contribution is 2.25. The van der Waals surface area contributed by atoms with Crippen LogP contribution in [0.5, 0.6) is 0 Å². The zero-order valence-corrected chi connectivity index (χ0v) is 14.5. The van der Waals surface area contributed by atoms with Gasteiger partial charge in [0.1, 0.15) is 0 Å². The Kier molecular flexibility index (Phi) is 13.8. The first kappa shape index (κ1) is 15.9. The van der Waals surface area contributed by atoms with Gasteiger partial charge in [-0.15, -0.1) is 11.7 Å². The first-order valence-electron chi connectivity index (χ1n) is 6.67. The highest BCUT2D eigenvalue weighted by molar-refractivity contribution is 8.87. The monoisotopic (exact) mass is 266 g/mol. The van der Waals surface area contributed by atoms with E-state index in [-0.39, 0.29) is 9.38 Å². The van der Waals surface area contributed by atoms with Crippen molar-refractivity contribution < 1.29 is 0 Å². The van der Waals surface area contributed by atoms with Crippen LogP contribution in [0.3, 0.4) is 0 Å². The van der Waals surface area contributed by atoms with Gasteiger partial charge in [0, 0.05) is 0 Å². The predicted molar refractivity (Wildman–Crippen MR) is 84.6 cm³/mol. The van der Waals surface area contributed by atoms with E-state index in [0.29, 0.717) is 0 Å². The van der Waals surface area contributed by atoms with Crippen molar-refractivity contribution in [2.45, 2.75) is 71.1 Å². The number of rotatable bonds is 11. The molecule has 0 bridgehead atoms. The van der Waals surface area contributed by atoms with Gasteiger partial charge in [0.15, 0.2) is 0 Å². The fourth-order valence-electron chi connectivity index (χ4n) is 1.83. The molecule has 0 aliphatic heterocycles. The predicted octanol–water partition coefficient (Wildman–Crippen LogP) is 4.03. The third-order valence-corrected chi connectivity index (χ3v) is 5.74. The van der Waals surface area contributed by atoms with Gasteiger partial charge in [0.25, 0.3) is 0 Å². The third-order valence-electron chi connectivity index (χ3n) is 2.84. The molecule has 0 aromatic carbocycles. The Balaban J connectivity index is 2.87. The molecule has 0 amide bonds. The van der Waals surface area contributed by atoms with E-state index in [0.717, 1.165) is 0 Å². The topological polar surface area (TPSA) is 0 Å². The van der Waals surface area contributed by atoms with E-state index in [9.17, 15) is 0 Å². The van der Waals surface area contributed by atoms with Crippen molar-refractivity contribution in [3.05, 3.63) is 0 Å². The average Bonchev–Trinajstić information content (AvgIpc) is 2.20. The van der Waals surface area contributed by atoms with Crippen molar-refractivity contribution in [2.24, 2.45) is 0 Å². The normalized spacial score (nSPS) is 14.4. The van der Waals surface area contributed by atoms with E-state index >= 15 is 0 Å². The molecule has 0 fully saturated rings. The van der Waals surface area contributed by atoms with Crippen LogP contribution in [0, 0.1) is 0 Å². The molecule has 0 nitrogen and oxygen atoms in total. The van der Waals surface area contributed by atoms with Crippen LogP contribution in [0.4, 0.5) is 0 Å². The molecule has 0 aromatic heterocycles. The minimum absolute atomic E-state index is 0.198. The fourth-order valence-corrected chi connectivity index (χ4v) is 3.88. The second kappa shape index (κ2) is 13.0. The molecule has 0 spiro atoms. The quantitative estimate of drug-likeness (QED) is 0.240. The lowest BCUT2D eigenvalue weighted by molar-refractivity contribution is 0.563. The Morgan fingerprint density at radius 2 is 1.20 bits per heavy atom. The molecule has 0 aliphatic rings. The summed E-state index contributed by atoms with van der Waals surface area (Å²) in [6.45, 7) is 2.28. The van der Waals surface area contributed by atoms with Gasteiger partial charge in [0.05, 0.1) is 9.39 Å². The summed E-state index contributed by atoms with van der Waals surface area (Å²) in [5.74, 6) is 1.42. The summed E-state index contributed by atoms with van der Waals surface area (Å²) in [6, 6.07) is 0. The number of unbranched alkanes of at least 4 members (excludes halogenated alkanes) is 9. The highest BCUT2D eigenvalue weighted by atomic mass is 33.2. The lowest BCUT2D eigenvalue weighted by Gasteiger charge is -2.07. The molecule has 3 heteroatoms. The van der Waals surface area contributed by atoms with Crippen molar-refractivity contribution in [1.82, 2.24) is 0 Å². The molecule has 0 N–H and O–H groups in total. The summed E-state index contributed by atoms with van der Waals surface area (Å²) in [6.07, 6.45) is 14.5. The molecule has 0 saturated carbocycles. The summed E-state index contributed by atoms with van der Waals surface area (Å²) in [7, 11) is 1.52. The van der Waals surface area contributed by atoms with Crippen LogP contribution in [0.25, 0.3) is 0 Å². The molecule has 0 aliphatic carbocycles. The SMILES string of the molecule is CCCCCCCCCCCC[SH]([SiH3])S. The zero-order chi connectivity index (χ0) is 11.4. The van der Waals surface area contributed by atoms with Crippen LogP contribution in [0.15, 0.2) is 0 Å². The van der Waals surface area contributed by atoms with Gasteiger partial charge in [-0.25, -0.2) is 9.38 Å². The molecule has 0 heterocycles. The third kappa shape index (κ3) is 14.9. The van der Waals surface area contributed by atoms with Gasteiger partial charge in [-0.1, -0.05) is 64.7 Å².